The molecule has 1 aliphatic heterocycles. The molecule has 0 spiro atoms. The van der Waals surface area contributed by atoms with Crippen LogP contribution in [-0.2, 0) is 0 Å². The van der Waals surface area contributed by atoms with Gasteiger partial charge in [0.05, 0.1) is 5.54 Å². The average molecular weight is 288 g/mol. The number of halogens is 2. The lowest BCUT2D eigenvalue weighted by molar-refractivity contribution is 0.303. The lowest BCUT2D eigenvalue weighted by Gasteiger charge is -2.48. The van der Waals surface area contributed by atoms with E-state index in [0.717, 1.165) is 12.8 Å². The highest BCUT2D eigenvalue weighted by molar-refractivity contribution is 9.10. The second-order valence-electron chi connectivity index (χ2n) is 4.43. The van der Waals surface area contributed by atoms with Gasteiger partial charge in [-0.3, -0.25) is 0 Å². The third-order valence-electron chi connectivity index (χ3n) is 2.85. The molecular weight excluding hydrogens is 273 g/mol. The SMILES string of the molecule is CCCC1(N)CN(c2ncc(Br)cc2F)C1. The van der Waals surface area contributed by atoms with Crippen molar-refractivity contribution >= 4 is 21.7 Å². The van der Waals surface area contributed by atoms with E-state index in [1.54, 1.807) is 6.20 Å². The molecule has 2 N–H and O–H groups in total. The minimum atomic E-state index is -0.298. The normalized spacial score (nSPS) is 18.4. The summed E-state index contributed by atoms with van der Waals surface area (Å²) in [6, 6.07) is 1.43. The van der Waals surface area contributed by atoms with Gasteiger partial charge in [0.2, 0.25) is 0 Å². The molecule has 1 saturated heterocycles. The number of nitrogens with zero attached hydrogens (tertiary/aromatic N) is 2. The zero-order valence-electron chi connectivity index (χ0n) is 9.21. The van der Waals surface area contributed by atoms with E-state index in [9.17, 15) is 4.39 Å². The second kappa shape index (κ2) is 4.30. The molecule has 0 bridgehead atoms. The molecule has 5 heteroatoms. The fraction of sp³-hybridized carbons (Fsp3) is 0.545. The van der Waals surface area contributed by atoms with Gasteiger partial charge in [0, 0.05) is 23.8 Å². The molecular formula is C11H15BrFN3. The Balaban J connectivity index is 2.06. The first-order chi connectivity index (χ1) is 7.54. The van der Waals surface area contributed by atoms with Gasteiger partial charge in [-0.25, -0.2) is 9.37 Å². The number of pyridine rings is 1. The van der Waals surface area contributed by atoms with Crippen LogP contribution in [0.3, 0.4) is 0 Å². The van der Waals surface area contributed by atoms with E-state index in [-0.39, 0.29) is 11.4 Å². The van der Waals surface area contributed by atoms with Crippen molar-refractivity contribution in [3.63, 3.8) is 0 Å². The summed E-state index contributed by atoms with van der Waals surface area (Å²) >= 11 is 3.19. The van der Waals surface area contributed by atoms with E-state index in [2.05, 4.69) is 27.8 Å². The van der Waals surface area contributed by atoms with Gasteiger partial charge < -0.3 is 10.6 Å². The van der Waals surface area contributed by atoms with Gasteiger partial charge in [0.15, 0.2) is 11.6 Å². The summed E-state index contributed by atoms with van der Waals surface area (Å²) in [6.45, 7) is 3.48. The Bertz CT molecular complexity index is 391. The summed E-state index contributed by atoms with van der Waals surface area (Å²) in [5.74, 6) is 0.105. The van der Waals surface area contributed by atoms with Gasteiger partial charge in [0.25, 0.3) is 0 Å². The van der Waals surface area contributed by atoms with Crippen molar-refractivity contribution in [1.29, 1.82) is 0 Å². The lowest BCUT2D eigenvalue weighted by Crippen LogP contribution is -2.67. The third-order valence-corrected chi connectivity index (χ3v) is 3.28. The number of hydrogen-bond acceptors (Lipinski definition) is 3. The van der Waals surface area contributed by atoms with Crippen LogP contribution in [0.25, 0.3) is 0 Å². The standard InChI is InChI=1S/C11H15BrFN3/c1-2-3-11(14)6-16(7-11)10-9(13)4-8(12)5-15-10/h4-5H,2-3,6-7,14H2,1H3. The third kappa shape index (κ3) is 2.20. The van der Waals surface area contributed by atoms with Crippen molar-refractivity contribution in [3.05, 3.63) is 22.6 Å². The van der Waals surface area contributed by atoms with Gasteiger partial charge in [-0.15, -0.1) is 0 Å². The molecule has 88 valence electrons. The molecule has 0 amide bonds. The monoisotopic (exact) mass is 287 g/mol. The van der Waals surface area contributed by atoms with Crippen LogP contribution in [0.2, 0.25) is 0 Å². The molecule has 2 heterocycles. The first-order valence-corrected chi connectivity index (χ1v) is 6.18. The first-order valence-electron chi connectivity index (χ1n) is 5.39. The predicted octanol–water partition coefficient (Wildman–Crippen LogP) is 2.30. The molecule has 1 aromatic heterocycles. The minimum absolute atomic E-state index is 0.157. The molecule has 16 heavy (non-hydrogen) atoms. The minimum Gasteiger partial charge on any atom is -0.350 e. The summed E-state index contributed by atoms with van der Waals surface area (Å²) in [4.78, 5) is 5.96. The number of anilines is 1. The molecule has 1 fully saturated rings. The van der Waals surface area contributed by atoms with Crippen molar-refractivity contribution in [2.75, 3.05) is 18.0 Å². The van der Waals surface area contributed by atoms with Gasteiger partial charge >= 0.3 is 0 Å². The summed E-state index contributed by atoms with van der Waals surface area (Å²) in [6.07, 6.45) is 3.64. The van der Waals surface area contributed by atoms with Crippen molar-refractivity contribution in [2.45, 2.75) is 25.3 Å². The van der Waals surface area contributed by atoms with Gasteiger partial charge in [-0.05, 0) is 28.4 Å². The van der Waals surface area contributed by atoms with Crippen LogP contribution in [0, 0.1) is 5.82 Å². The number of nitrogens with two attached hydrogens (primary N) is 1. The zero-order valence-corrected chi connectivity index (χ0v) is 10.8. The van der Waals surface area contributed by atoms with E-state index in [4.69, 9.17) is 5.73 Å². The lowest BCUT2D eigenvalue weighted by atomic mass is 9.86. The number of rotatable bonds is 3. The Hall–Kier alpha value is -0.680. The van der Waals surface area contributed by atoms with Crippen LogP contribution in [0.4, 0.5) is 10.2 Å². The Morgan fingerprint density at radius 1 is 1.62 bits per heavy atom. The number of aromatic nitrogens is 1. The molecule has 0 unspecified atom stereocenters. The topological polar surface area (TPSA) is 42.1 Å². The smallest absolute Gasteiger partial charge is 0.166 e. The molecule has 0 aliphatic carbocycles. The van der Waals surface area contributed by atoms with Crippen LogP contribution in [0.15, 0.2) is 16.7 Å². The number of hydrogen-bond donors (Lipinski definition) is 1. The van der Waals surface area contributed by atoms with Crippen molar-refractivity contribution in [2.24, 2.45) is 5.73 Å². The van der Waals surface area contributed by atoms with E-state index in [0.29, 0.717) is 23.4 Å². The maximum Gasteiger partial charge on any atom is 0.166 e. The van der Waals surface area contributed by atoms with Gasteiger partial charge in [0.1, 0.15) is 0 Å². The first kappa shape index (κ1) is 11.8. The Morgan fingerprint density at radius 3 is 2.88 bits per heavy atom. The summed E-state index contributed by atoms with van der Waals surface area (Å²) < 4.78 is 14.2. The van der Waals surface area contributed by atoms with Crippen LogP contribution < -0.4 is 10.6 Å². The molecule has 1 aromatic rings. The fourth-order valence-electron chi connectivity index (χ4n) is 2.16. The van der Waals surface area contributed by atoms with Crippen molar-refractivity contribution < 1.29 is 4.39 Å². The zero-order chi connectivity index (χ0) is 11.8. The Labute approximate surface area is 103 Å². The van der Waals surface area contributed by atoms with Crippen LogP contribution in [0.5, 0.6) is 0 Å². The Kier molecular flexibility index (Phi) is 3.17. The van der Waals surface area contributed by atoms with Gasteiger partial charge in [-0.1, -0.05) is 13.3 Å². The van der Waals surface area contributed by atoms with E-state index in [1.165, 1.54) is 6.07 Å². The highest BCUT2D eigenvalue weighted by Gasteiger charge is 2.40. The van der Waals surface area contributed by atoms with E-state index < -0.39 is 0 Å². The molecule has 1 aliphatic rings. The predicted molar refractivity (Wildman–Crippen MR) is 65.9 cm³/mol. The largest absolute Gasteiger partial charge is 0.350 e. The maximum atomic E-state index is 13.6. The summed E-state index contributed by atoms with van der Waals surface area (Å²) in [5, 5.41) is 0. The highest BCUT2D eigenvalue weighted by Crippen LogP contribution is 2.30. The van der Waals surface area contributed by atoms with E-state index >= 15 is 0 Å². The quantitative estimate of drug-likeness (QED) is 0.928. The highest BCUT2D eigenvalue weighted by atomic mass is 79.9. The molecule has 3 nitrogen and oxygen atoms in total. The van der Waals surface area contributed by atoms with E-state index in [1.807, 2.05) is 4.90 Å². The second-order valence-corrected chi connectivity index (χ2v) is 5.34. The van der Waals surface area contributed by atoms with Gasteiger partial charge in [-0.2, -0.15) is 0 Å². The maximum absolute atomic E-state index is 13.6. The van der Waals surface area contributed by atoms with Crippen LogP contribution in [0.1, 0.15) is 19.8 Å². The summed E-state index contributed by atoms with van der Waals surface area (Å²) in [5.41, 5.74) is 5.96. The summed E-state index contributed by atoms with van der Waals surface area (Å²) in [7, 11) is 0. The molecule has 2 rings (SSSR count). The molecule has 0 radical (unpaired) electrons. The fourth-order valence-corrected chi connectivity index (χ4v) is 2.46. The molecule has 0 atom stereocenters. The van der Waals surface area contributed by atoms with Crippen molar-refractivity contribution in [1.82, 2.24) is 4.98 Å². The molecule has 0 aromatic carbocycles. The average Bonchev–Trinajstić information content (AvgIpc) is 2.14. The Morgan fingerprint density at radius 2 is 2.31 bits per heavy atom. The van der Waals surface area contributed by atoms with Crippen molar-refractivity contribution in [3.8, 4) is 0 Å². The van der Waals surface area contributed by atoms with Crippen LogP contribution >= 0.6 is 15.9 Å². The van der Waals surface area contributed by atoms with Crippen LogP contribution in [-0.4, -0.2) is 23.6 Å². The molecule has 0 saturated carbocycles.